The number of amides is 1. The lowest BCUT2D eigenvalue weighted by atomic mass is 10.00. The number of hydrogen-bond acceptors (Lipinski definition) is 6. The van der Waals surface area contributed by atoms with Gasteiger partial charge >= 0.3 is 5.97 Å². The Morgan fingerprint density at radius 2 is 2.29 bits per heavy atom. The van der Waals surface area contributed by atoms with Crippen LogP contribution in [-0.2, 0) is 16.0 Å². The molecule has 1 atom stereocenters. The molecular weight excluding hydrogens is 310 g/mol. The van der Waals surface area contributed by atoms with E-state index in [0.717, 1.165) is 16.9 Å². The number of aromatic nitrogens is 1. The van der Waals surface area contributed by atoms with E-state index >= 15 is 0 Å². The van der Waals surface area contributed by atoms with Gasteiger partial charge in [0.1, 0.15) is 6.04 Å². The van der Waals surface area contributed by atoms with Gasteiger partial charge in [0.25, 0.3) is 0 Å². The summed E-state index contributed by atoms with van der Waals surface area (Å²) in [6, 6.07) is 1.09. The summed E-state index contributed by atoms with van der Waals surface area (Å²) in [6.07, 6.45) is 2.39. The zero-order chi connectivity index (χ0) is 14.8. The minimum atomic E-state index is -0.920. The van der Waals surface area contributed by atoms with Crippen LogP contribution in [0.15, 0.2) is 23.0 Å². The third-order valence-corrected chi connectivity index (χ3v) is 5.01. The van der Waals surface area contributed by atoms with Gasteiger partial charge in [0.15, 0.2) is 5.13 Å². The highest BCUT2D eigenvalue weighted by atomic mass is 32.1. The van der Waals surface area contributed by atoms with E-state index in [0.29, 0.717) is 11.7 Å². The Balaban J connectivity index is 1.73. The van der Waals surface area contributed by atoms with Crippen molar-refractivity contribution in [2.24, 2.45) is 0 Å². The average Bonchev–Trinajstić information content (AvgIpc) is 3.08. The number of aliphatic carboxylic acids is 1. The molecule has 1 aliphatic rings. The van der Waals surface area contributed by atoms with E-state index in [2.05, 4.69) is 10.3 Å². The standard InChI is InChI=1S/C13H13N3O3S2/c17-10(15-13-14-3-6-21-13)7-16-4-1-9-8(2-5-20-9)11(16)12(18)19/h2-3,5-6,11H,1,4,7H2,(H,18,19)(H,14,15,17). The van der Waals surface area contributed by atoms with Crippen LogP contribution in [0.3, 0.4) is 0 Å². The lowest BCUT2D eigenvalue weighted by Crippen LogP contribution is -2.43. The third-order valence-electron chi connectivity index (χ3n) is 3.32. The summed E-state index contributed by atoms with van der Waals surface area (Å²) in [6.45, 7) is 0.613. The highest BCUT2D eigenvalue weighted by Crippen LogP contribution is 2.33. The number of fused-ring (bicyclic) bond motifs is 1. The van der Waals surface area contributed by atoms with Gasteiger partial charge in [-0.2, -0.15) is 0 Å². The Hall–Kier alpha value is -1.77. The van der Waals surface area contributed by atoms with Crippen LogP contribution in [0.25, 0.3) is 0 Å². The number of nitrogens with one attached hydrogen (secondary N) is 1. The van der Waals surface area contributed by atoms with E-state index in [1.54, 1.807) is 27.8 Å². The Bertz CT molecular complexity index is 653. The molecule has 1 aliphatic heterocycles. The van der Waals surface area contributed by atoms with Gasteiger partial charge in [0.05, 0.1) is 6.54 Å². The number of rotatable bonds is 4. The number of thiazole rings is 1. The number of carbonyl (C=O) groups excluding carboxylic acids is 1. The summed E-state index contributed by atoms with van der Waals surface area (Å²) in [5.41, 5.74) is 0.806. The maximum Gasteiger partial charge on any atom is 0.325 e. The minimum absolute atomic E-state index is 0.0475. The second-order valence-electron chi connectivity index (χ2n) is 4.65. The summed E-state index contributed by atoms with van der Waals surface area (Å²) in [4.78, 5) is 30.3. The van der Waals surface area contributed by atoms with Crippen LogP contribution in [0.4, 0.5) is 5.13 Å². The summed E-state index contributed by atoms with van der Waals surface area (Å²) in [5.74, 6) is -1.16. The summed E-state index contributed by atoms with van der Waals surface area (Å²) >= 11 is 2.91. The largest absolute Gasteiger partial charge is 0.480 e. The zero-order valence-electron chi connectivity index (χ0n) is 11.0. The van der Waals surface area contributed by atoms with Gasteiger partial charge < -0.3 is 10.4 Å². The maximum absolute atomic E-state index is 12.0. The molecule has 1 amide bonds. The van der Waals surface area contributed by atoms with Crippen molar-refractivity contribution in [2.45, 2.75) is 12.5 Å². The number of carbonyl (C=O) groups is 2. The summed E-state index contributed by atoms with van der Waals surface area (Å²) < 4.78 is 0. The molecular formula is C13H13N3O3S2. The third kappa shape index (κ3) is 2.97. The Morgan fingerprint density at radius 1 is 1.43 bits per heavy atom. The molecule has 0 saturated heterocycles. The van der Waals surface area contributed by atoms with Gasteiger partial charge in [0, 0.05) is 23.0 Å². The van der Waals surface area contributed by atoms with E-state index in [4.69, 9.17) is 0 Å². The van der Waals surface area contributed by atoms with Gasteiger partial charge in [-0.05, 0) is 23.4 Å². The van der Waals surface area contributed by atoms with Crippen molar-refractivity contribution < 1.29 is 14.7 Å². The van der Waals surface area contributed by atoms with Crippen LogP contribution in [0, 0.1) is 0 Å². The predicted molar refractivity (Wildman–Crippen MR) is 80.7 cm³/mol. The lowest BCUT2D eigenvalue weighted by molar-refractivity contribution is -0.144. The Morgan fingerprint density at radius 3 is 3.00 bits per heavy atom. The van der Waals surface area contributed by atoms with Crippen LogP contribution in [0.1, 0.15) is 16.5 Å². The molecule has 0 spiro atoms. The van der Waals surface area contributed by atoms with Crippen molar-refractivity contribution in [2.75, 3.05) is 18.4 Å². The van der Waals surface area contributed by atoms with Crippen LogP contribution >= 0.6 is 22.7 Å². The Kier molecular flexibility index (Phi) is 4.00. The molecule has 1 unspecified atom stereocenters. The monoisotopic (exact) mass is 323 g/mol. The fourth-order valence-corrected chi connectivity index (χ4v) is 3.91. The van der Waals surface area contributed by atoms with Crippen LogP contribution in [0.2, 0.25) is 0 Å². The highest BCUT2D eigenvalue weighted by Gasteiger charge is 2.34. The molecule has 0 fully saturated rings. The van der Waals surface area contributed by atoms with Crippen LogP contribution in [0.5, 0.6) is 0 Å². The van der Waals surface area contributed by atoms with Crippen molar-refractivity contribution in [3.8, 4) is 0 Å². The van der Waals surface area contributed by atoms with E-state index in [-0.39, 0.29) is 12.5 Å². The number of carboxylic acid groups (broad SMARTS) is 1. The average molecular weight is 323 g/mol. The van der Waals surface area contributed by atoms with Crippen molar-refractivity contribution in [1.29, 1.82) is 0 Å². The predicted octanol–water partition coefficient (Wildman–Crippen LogP) is 1.83. The molecule has 6 nitrogen and oxygen atoms in total. The lowest BCUT2D eigenvalue weighted by Gasteiger charge is -2.32. The van der Waals surface area contributed by atoms with Crippen molar-refractivity contribution in [3.05, 3.63) is 33.5 Å². The molecule has 0 aromatic carbocycles. The number of thiophene rings is 1. The molecule has 2 aromatic rings. The molecule has 110 valence electrons. The highest BCUT2D eigenvalue weighted by molar-refractivity contribution is 7.13. The number of carboxylic acids is 1. The van der Waals surface area contributed by atoms with Crippen molar-refractivity contribution in [1.82, 2.24) is 9.88 Å². The van der Waals surface area contributed by atoms with Crippen LogP contribution in [-0.4, -0.2) is 40.0 Å². The maximum atomic E-state index is 12.0. The molecule has 0 saturated carbocycles. The van der Waals surface area contributed by atoms with Gasteiger partial charge in [-0.1, -0.05) is 0 Å². The fourth-order valence-electron chi connectivity index (χ4n) is 2.46. The number of hydrogen-bond donors (Lipinski definition) is 2. The molecule has 21 heavy (non-hydrogen) atoms. The van der Waals surface area contributed by atoms with Crippen LogP contribution < -0.4 is 5.32 Å². The molecule has 3 heterocycles. The first-order valence-electron chi connectivity index (χ1n) is 6.37. The first kappa shape index (κ1) is 14.2. The van der Waals surface area contributed by atoms with Gasteiger partial charge in [0.2, 0.25) is 5.91 Å². The van der Waals surface area contributed by atoms with E-state index in [9.17, 15) is 14.7 Å². The second kappa shape index (κ2) is 5.92. The zero-order valence-corrected chi connectivity index (χ0v) is 12.6. The first-order chi connectivity index (χ1) is 10.1. The molecule has 0 bridgehead atoms. The summed E-state index contributed by atoms with van der Waals surface area (Å²) in [7, 11) is 0. The minimum Gasteiger partial charge on any atom is -0.480 e. The molecule has 2 N–H and O–H groups in total. The normalized spacial score (nSPS) is 18.2. The molecule has 8 heteroatoms. The molecule has 2 aromatic heterocycles. The second-order valence-corrected chi connectivity index (χ2v) is 6.54. The van der Waals surface area contributed by atoms with Gasteiger partial charge in [-0.3, -0.25) is 14.5 Å². The van der Waals surface area contributed by atoms with Crippen molar-refractivity contribution in [3.63, 3.8) is 0 Å². The van der Waals surface area contributed by atoms with E-state index in [1.807, 2.05) is 11.4 Å². The fraction of sp³-hybridized carbons (Fsp3) is 0.308. The van der Waals surface area contributed by atoms with E-state index in [1.165, 1.54) is 11.3 Å². The topological polar surface area (TPSA) is 82.5 Å². The molecule has 3 rings (SSSR count). The molecule has 0 aliphatic carbocycles. The first-order valence-corrected chi connectivity index (χ1v) is 8.13. The van der Waals surface area contributed by atoms with E-state index < -0.39 is 12.0 Å². The number of anilines is 1. The SMILES string of the molecule is O=C(CN1CCc2sccc2C1C(=O)O)Nc1nccs1. The van der Waals surface area contributed by atoms with Gasteiger partial charge in [-0.25, -0.2) is 4.98 Å². The summed E-state index contributed by atoms with van der Waals surface area (Å²) in [5, 5.41) is 16.3. The van der Waals surface area contributed by atoms with Gasteiger partial charge in [-0.15, -0.1) is 22.7 Å². The quantitative estimate of drug-likeness (QED) is 0.897. The Labute approximate surface area is 129 Å². The number of nitrogens with zero attached hydrogens (tertiary/aromatic N) is 2. The molecule has 0 radical (unpaired) electrons. The smallest absolute Gasteiger partial charge is 0.325 e. The van der Waals surface area contributed by atoms with Crippen molar-refractivity contribution >= 4 is 39.7 Å².